The summed E-state index contributed by atoms with van der Waals surface area (Å²) in [4.78, 5) is 0. The predicted octanol–water partition coefficient (Wildman–Crippen LogP) is 2.19. The van der Waals surface area contributed by atoms with E-state index in [9.17, 15) is 0 Å². The van der Waals surface area contributed by atoms with Gasteiger partial charge in [0, 0.05) is 13.2 Å². The molecule has 78 valence electrons. The second-order valence-electron chi connectivity index (χ2n) is 5.15. The van der Waals surface area contributed by atoms with Crippen LogP contribution in [-0.4, -0.2) is 25.8 Å². The van der Waals surface area contributed by atoms with E-state index in [4.69, 9.17) is 4.74 Å². The van der Waals surface area contributed by atoms with Gasteiger partial charge in [-0.25, -0.2) is 0 Å². The van der Waals surface area contributed by atoms with Gasteiger partial charge in [-0.1, -0.05) is 20.8 Å². The molecule has 0 bridgehead atoms. The van der Waals surface area contributed by atoms with Gasteiger partial charge >= 0.3 is 0 Å². The summed E-state index contributed by atoms with van der Waals surface area (Å²) < 4.78 is 5.80. The average Bonchev–Trinajstić information content (AvgIpc) is 2.04. The summed E-state index contributed by atoms with van der Waals surface area (Å²) in [5.41, 5.74) is 0.405. The van der Waals surface area contributed by atoms with Crippen LogP contribution in [0.2, 0.25) is 0 Å². The van der Waals surface area contributed by atoms with Crippen molar-refractivity contribution in [3.05, 3.63) is 0 Å². The van der Waals surface area contributed by atoms with Gasteiger partial charge in [0.2, 0.25) is 0 Å². The standard InChI is InChI=1S/C11H23NO/c1-11(2,3)6-8-13-10-5-4-7-12-9-10/h10,12H,4-9H2,1-3H3/t10-/m0/s1. The number of rotatable bonds is 3. The van der Waals surface area contributed by atoms with Crippen LogP contribution in [-0.2, 0) is 4.74 Å². The first-order chi connectivity index (χ1) is 6.08. The van der Waals surface area contributed by atoms with E-state index in [2.05, 4.69) is 26.1 Å². The zero-order chi connectivity index (χ0) is 9.73. The molecule has 0 aromatic carbocycles. The van der Waals surface area contributed by atoms with E-state index in [1.54, 1.807) is 0 Å². The Morgan fingerprint density at radius 1 is 1.38 bits per heavy atom. The minimum Gasteiger partial charge on any atom is -0.377 e. The number of nitrogens with one attached hydrogen (secondary N) is 1. The van der Waals surface area contributed by atoms with E-state index in [-0.39, 0.29) is 0 Å². The lowest BCUT2D eigenvalue weighted by Crippen LogP contribution is -2.35. The third-order valence-corrected chi connectivity index (χ3v) is 2.46. The van der Waals surface area contributed by atoms with Crippen molar-refractivity contribution >= 4 is 0 Å². The van der Waals surface area contributed by atoms with Gasteiger partial charge in [-0.2, -0.15) is 0 Å². The highest BCUT2D eigenvalue weighted by atomic mass is 16.5. The molecule has 0 aromatic heterocycles. The fourth-order valence-electron chi connectivity index (χ4n) is 1.49. The molecule has 1 fully saturated rings. The first-order valence-electron chi connectivity index (χ1n) is 5.40. The van der Waals surface area contributed by atoms with Crippen molar-refractivity contribution in [2.45, 2.75) is 46.1 Å². The van der Waals surface area contributed by atoms with Crippen LogP contribution < -0.4 is 5.32 Å². The van der Waals surface area contributed by atoms with Crippen LogP contribution in [0.15, 0.2) is 0 Å². The monoisotopic (exact) mass is 185 g/mol. The molecule has 1 rings (SSSR count). The van der Waals surface area contributed by atoms with Gasteiger partial charge in [0.05, 0.1) is 6.10 Å². The molecule has 1 heterocycles. The summed E-state index contributed by atoms with van der Waals surface area (Å²) in [6.07, 6.45) is 4.12. The van der Waals surface area contributed by atoms with Gasteiger partial charge in [0.15, 0.2) is 0 Å². The van der Waals surface area contributed by atoms with Gasteiger partial charge in [-0.15, -0.1) is 0 Å². The zero-order valence-corrected chi connectivity index (χ0v) is 9.23. The maximum Gasteiger partial charge on any atom is 0.0699 e. The molecule has 1 saturated heterocycles. The maximum absolute atomic E-state index is 5.80. The Morgan fingerprint density at radius 3 is 2.69 bits per heavy atom. The van der Waals surface area contributed by atoms with Gasteiger partial charge < -0.3 is 10.1 Å². The van der Waals surface area contributed by atoms with E-state index in [1.165, 1.54) is 19.4 Å². The predicted molar refractivity (Wildman–Crippen MR) is 55.9 cm³/mol. The SMILES string of the molecule is CC(C)(C)CCO[C@H]1CCCNC1. The molecule has 13 heavy (non-hydrogen) atoms. The third kappa shape index (κ3) is 5.27. The van der Waals surface area contributed by atoms with E-state index in [1.807, 2.05) is 0 Å². The van der Waals surface area contributed by atoms with E-state index < -0.39 is 0 Å². The Labute approximate surface area is 82.0 Å². The van der Waals surface area contributed by atoms with Crippen LogP contribution in [0.5, 0.6) is 0 Å². The number of piperidine rings is 1. The van der Waals surface area contributed by atoms with Crippen molar-refractivity contribution in [2.24, 2.45) is 5.41 Å². The lowest BCUT2D eigenvalue weighted by Gasteiger charge is -2.25. The summed E-state index contributed by atoms with van der Waals surface area (Å²) in [5.74, 6) is 0. The number of hydrogen-bond acceptors (Lipinski definition) is 2. The van der Waals surface area contributed by atoms with Crippen LogP contribution in [0.25, 0.3) is 0 Å². The first kappa shape index (κ1) is 11.0. The van der Waals surface area contributed by atoms with Crippen molar-refractivity contribution in [1.82, 2.24) is 5.32 Å². The Morgan fingerprint density at radius 2 is 2.15 bits per heavy atom. The molecule has 2 nitrogen and oxygen atoms in total. The van der Waals surface area contributed by atoms with Crippen molar-refractivity contribution in [3.63, 3.8) is 0 Å². The second kappa shape index (κ2) is 4.97. The van der Waals surface area contributed by atoms with E-state index in [0.717, 1.165) is 19.6 Å². The highest BCUT2D eigenvalue weighted by molar-refractivity contribution is 4.69. The minimum atomic E-state index is 0.405. The lowest BCUT2D eigenvalue weighted by molar-refractivity contribution is 0.0237. The Kier molecular flexibility index (Phi) is 4.20. The summed E-state index contributed by atoms with van der Waals surface area (Å²) in [6, 6.07) is 0. The maximum atomic E-state index is 5.80. The summed E-state index contributed by atoms with van der Waals surface area (Å²) in [6.45, 7) is 9.90. The number of hydrogen-bond donors (Lipinski definition) is 1. The molecule has 0 saturated carbocycles. The summed E-state index contributed by atoms with van der Waals surface area (Å²) in [5, 5.41) is 3.36. The van der Waals surface area contributed by atoms with Gasteiger partial charge in [0.1, 0.15) is 0 Å². The highest BCUT2D eigenvalue weighted by Crippen LogP contribution is 2.19. The summed E-state index contributed by atoms with van der Waals surface area (Å²) in [7, 11) is 0. The summed E-state index contributed by atoms with van der Waals surface area (Å²) >= 11 is 0. The second-order valence-corrected chi connectivity index (χ2v) is 5.15. The zero-order valence-electron chi connectivity index (χ0n) is 9.23. The molecular weight excluding hydrogens is 162 g/mol. The molecule has 2 heteroatoms. The van der Waals surface area contributed by atoms with Gasteiger partial charge in [-0.05, 0) is 31.2 Å². The normalized spacial score (nSPS) is 24.7. The van der Waals surface area contributed by atoms with Crippen LogP contribution in [0.1, 0.15) is 40.0 Å². The average molecular weight is 185 g/mol. The molecule has 0 unspecified atom stereocenters. The smallest absolute Gasteiger partial charge is 0.0699 e. The Bertz CT molecular complexity index is 134. The Hall–Kier alpha value is -0.0800. The third-order valence-electron chi connectivity index (χ3n) is 2.46. The topological polar surface area (TPSA) is 21.3 Å². The van der Waals surface area contributed by atoms with Crippen LogP contribution in [0.3, 0.4) is 0 Å². The van der Waals surface area contributed by atoms with Gasteiger partial charge in [0.25, 0.3) is 0 Å². The largest absolute Gasteiger partial charge is 0.377 e. The molecule has 1 N–H and O–H groups in total. The van der Waals surface area contributed by atoms with Crippen LogP contribution in [0, 0.1) is 5.41 Å². The number of ether oxygens (including phenoxy) is 1. The van der Waals surface area contributed by atoms with Crippen molar-refractivity contribution in [2.75, 3.05) is 19.7 Å². The molecule has 0 aliphatic carbocycles. The fraction of sp³-hybridized carbons (Fsp3) is 1.00. The molecule has 0 aromatic rings. The molecule has 0 radical (unpaired) electrons. The molecular formula is C11H23NO. The Balaban J connectivity index is 2.04. The molecule has 1 aliphatic heterocycles. The lowest BCUT2D eigenvalue weighted by atomic mass is 9.93. The minimum absolute atomic E-state index is 0.405. The fourth-order valence-corrected chi connectivity index (χ4v) is 1.49. The molecule has 0 spiro atoms. The molecule has 0 amide bonds. The molecule has 1 atom stereocenters. The van der Waals surface area contributed by atoms with Crippen LogP contribution >= 0.6 is 0 Å². The quantitative estimate of drug-likeness (QED) is 0.727. The first-order valence-corrected chi connectivity index (χ1v) is 5.40. The molecule has 1 aliphatic rings. The highest BCUT2D eigenvalue weighted by Gasteiger charge is 2.15. The van der Waals surface area contributed by atoms with Crippen molar-refractivity contribution < 1.29 is 4.74 Å². The van der Waals surface area contributed by atoms with Crippen molar-refractivity contribution in [1.29, 1.82) is 0 Å². The van der Waals surface area contributed by atoms with E-state index in [0.29, 0.717) is 11.5 Å². The van der Waals surface area contributed by atoms with E-state index >= 15 is 0 Å². The van der Waals surface area contributed by atoms with Crippen molar-refractivity contribution in [3.8, 4) is 0 Å². The van der Waals surface area contributed by atoms with Gasteiger partial charge in [-0.3, -0.25) is 0 Å². The van der Waals surface area contributed by atoms with Crippen LogP contribution in [0.4, 0.5) is 0 Å².